The Labute approximate surface area is 112 Å². The van der Waals surface area contributed by atoms with Gasteiger partial charge < -0.3 is 0 Å². The lowest BCUT2D eigenvalue weighted by molar-refractivity contribution is 0.112. The van der Waals surface area contributed by atoms with Crippen LogP contribution in [0.2, 0.25) is 0 Å². The molecule has 2 aromatic carbocycles. The normalized spacial score (nSPS) is 15.0. The second kappa shape index (κ2) is 4.96. The summed E-state index contributed by atoms with van der Waals surface area (Å²) in [7, 11) is 0. The van der Waals surface area contributed by atoms with E-state index in [4.69, 9.17) is 0 Å². The molecule has 1 saturated carbocycles. The third-order valence-corrected chi connectivity index (χ3v) is 3.91. The van der Waals surface area contributed by atoms with Crippen molar-refractivity contribution in [3.05, 3.63) is 59.4 Å². The second-order valence-electron chi connectivity index (χ2n) is 5.10. The average molecular weight is 254 g/mol. The van der Waals surface area contributed by atoms with E-state index < -0.39 is 0 Å². The quantitative estimate of drug-likeness (QED) is 0.733. The van der Waals surface area contributed by atoms with Gasteiger partial charge in [0.2, 0.25) is 0 Å². The predicted octanol–water partition coefficient (Wildman–Crippen LogP) is 4.57. The van der Waals surface area contributed by atoms with Crippen LogP contribution in [-0.2, 0) is 0 Å². The van der Waals surface area contributed by atoms with Crippen molar-refractivity contribution < 1.29 is 9.18 Å². The number of rotatable bonds is 3. The van der Waals surface area contributed by atoms with Crippen molar-refractivity contribution in [2.45, 2.75) is 25.2 Å². The van der Waals surface area contributed by atoms with Crippen molar-refractivity contribution in [1.29, 1.82) is 0 Å². The van der Waals surface area contributed by atoms with Crippen LogP contribution in [0.15, 0.2) is 42.5 Å². The molecule has 0 bridgehead atoms. The highest BCUT2D eigenvalue weighted by molar-refractivity contribution is 5.87. The highest BCUT2D eigenvalue weighted by atomic mass is 19.1. The van der Waals surface area contributed by atoms with Crippen LogP contribution >= 0.6 is 0 Å². The monoisotopic (exact) mass is 254 g/mol. The van der Waals surface area contributed by atoms with Crippen LogP contribution < -0.4 is 0 Å². The summed E-state index contributed by atoms with van der Waals surface area (Å²) in [5.74, 6) is 0.279. The van der Waals surface area contributed by atoms with E-state index in [1.807, 2.05) is 12.1 Å². The maximum absolute atomic E-state index is 13.2. The molecule has 1 nitrogen and oxygen atoms in total. The molecule has 2 aromatic rings. The van der Waals surface area contributed by atoms with Gasteiger partial charge in [0, 0.05) is 5.56 Å². The maximum atomic E-state index is 13.2. The smallest absolute Gasteiger partial charge is 0.150 e. The largest absolute Gasteiger partial charge is 0.298 e. The van der Waals surface area contributed by atoms with Crippen molar-refractivity contribution in [2.24, 2.45) is 0 Å². The summed E-state index contributed by atoms with van der Waals surface area (Å²) in [5, 5.41) is 0. The standard InChI is InChI=1S/C17H15FO/c18-16-7-8-17(15(10-16)11-19)14-6-2-5-13(9-14)12-3-1-4-12/h2,5-12H,1,3-4H2. The molecule has 1 aliphatic carbocycles. The van der Waals surface area contributed by atoms with E-state index in [2.05, 4.69) is 12.1 Å². The third kappa shape index (κ3) is 2.30. The molecule has 2 heteroatoms. The topological polar surface area (TPSA) is 17.1 Å². The fraction of sp³-hybridized carbons (Fsp3) is 0.235. The van der Waals surface area contributed by atoms with Gasteiger partial charge in [-0.3, -0.25) is 4.79 Å². The Bertz CT molecular complexity index is 614. The van der Waals surface area contributed by atoms with E-state index in [0.717, 1.165) is 11.1 Å². The minimum absolute atomic E-state index is 0.374. The number of carbonyl (C=O) groups is 1. The molecule has 0 aliphatic heterocycles. The summed E-state index contributed by atoms with van der Waals surface area (Å²) in [6.07, 6.45) is 4.50. The van der Waals surface area contributed by atoms with Crippen molar-refractivity contribution >= 4 is 6.29 Å². The predicted molar refractivity (Wildman–Crippen MR) is 73.8 cm³/mol. The van der Waals surface area contributed by atoms with E-state index in [0.29, 0.717) is 17.8 Å². The number of hydrogen-bond acceptors (Lipinski definition) is 1. The molecule has 0 heterocycles. The minimum Gasteiger partial charge on any atom is -0.298 e. The minimum atomic E-state index is -0.374. The van der Waals surface area contributed by atoms with E-state index in [1.165, 1.54) is 37.0 Å². The van der Waals surface area contributed by atoms with Crippen molar-refractivity contribution in [3.8, 4) is 11.1 Å². The molecule has 0 spiro atoms. The van der Waals surface area contributed by atoms with E-state index in [1.54, 1.807) is 6.07 Å². The number of aldehydes is 1. The van der Waals surface area contributed by atoms with Crippen molar-refractivity contribution in [2.75, 3.05) is 0 Å². The van der Waals surface area contributed by atoms with E-state index >= 15 is 0 Å². The van der Waals surface area contributed by atoms with Gasteiger partial charge in [0.15, 0.2) is 6.29 Å². The Kier molecular flexibility index (Phi) is 3.16. The number of hydrogen-bond donors (Lipinski definition) is 0. The molecule has 0 N–H and O–H groups in total. The van der Waals surface area contributed by atoms with Gasteiger partial charge in [-0.15, -0.1) is 0 Å². The zero-order valence-electron chi connectivity index (χ0n) is 10.6. The molecule has 3 rings (SSSR count). The molecule has 0 aromatic heterocycles. The first kappa shape index (κ1) is 12.1. The van der Waals surface area contributed by atoms with Crippen LogP contribution in [-0.4, -0.2) is 6.29 Å². The first-order valence-corrected chi connectivity index (χ1v) is 6.63. The molecule has 0 radical (unpaired) electrons. The second-order valence-corrected chi connectivity index (χ2v) is 5.10. The Morgan fingerprint density at radius 2 is 1.95 bits per heavy atom. The van der Waals surface area contributed by atoms with Crippen LogP contribution in [0.5, 0.6) is 0 Å². The molecule has 0 atom stereocenters. The molecule has 96 valence electrons. The van der Waals surface area contributed by atoms with E-state index in [9.17, 15) is 9.18 Å². The molecule has 0 unspecified atom stereocenters. The van der Waals surface area contributed by atoms with Gasteiger partial charge in [0.05, 0.1) is 0 Å². The summed E-state index contributed by atoms with van der Waals surface area (Å²) < 4.78 is 13.2. The maximum Gasteiger partial charge on any atom is 0.150 e. The summed E-state index contributed by atoms with van der Waals surface area (Å²) in [6, 6.07) is 12.6. The van der Waals surface area contributed by atoms with Crippen LogP contribution in [0.4, 0.5) is 4.39 Å². The molecular formula is C17H15FO. The van der Waals surface area contributed by atoms with Crippen LogP contribution in [0, 0.1) is 5.82 Å². The fourth-order valence-corrected chi connectivity index (χ4v) is 2.60. The van der Waals surface area contributed by atoms with Gasteiger partial charge in [-0.25, -0.2) is 4.39 Å². The lowest BCUT2D eigenvalue weighted by Crippen LogP contribution is -2.08. The summed E-state index contributed by atoms with van der Waals surface area (Å²) in [6.45, 7) is 0. The van der Waals surface area contributed by atoms with Gasteiger partial charge in [-0.1, -0.05) is 36.8 Å². The van der Waals surface area contributed by atoms with Crippen molar-refractivity contribution in [3.63, 3.8) is 0 Å². The lowest BCUT2D eigenvalue weighted by atomic mass is 9.79. The summed E-state index contributed by atoms with van der Waals surface area (Å²) in [4.78, 5) is 11.1. The first-order valence-electron chi connectivity index (χ1n) is 6.63. The Balaban J connectivity index is 2.03. The Morgan fingerprint density at radius 1 is 1.11 bits per heavy atom. The highest BCUT2D eigenvalue weighted by Crippen LogP contribution is 2.37. The summed E-state index contributed by atoms with van der Waals surface area (Å²) in [5.41, 5.74) is 3.53. The Hall–Kier alpha value is -1.96. The van der Waals surface area contributed by atoms with Gasteiger partial charge in [0.1, 0.15) is 5.82 Å². The van der Waals surface area contributed by atoms with Gasteiger partial charge in [0.25, 0.3) is 0 Å². The zero-order chi connectivity index (χ0) is 13.2. The Morgan fingerprint density at radius 3 is 2.63 bits per heavy atom. The van der Waals surface area contributed by atoms with Crippen LogP contribution in [0.25, 0.3) is 11.1 Å². The molecule has 1 aliphatic rings. The van der Waals surface area contributed by atoms with Crippen molar-refractivity contribution in [1.82, 2.24) is 0 Å². The first-order chi connectivity index (χ1) is 9.28. The third-order valence-electron chi connectivity index (χ3n) is 3.91. The van der Waals surface area contributed by atoms with Crippen LogP contribution in [0.3, 0.4) is 0 Å². The SMILES string of the molecule is O=Cc1cc(F)ccc1-c1cccc(C2CCC2)c1. The fourth-order valence-electron chi connectivity index (χ4n) is 2.60. The van der Waals surface area contributed by atoms with Gasteiger partial charge >= 0.3 is 0 Å². The van der Waals surface area contributed by atoms with E-state index in [-0.39, 0.29) is 5.82 Å². The lowest BCUT2D eigenvalue weighted by Gasteiger charge is -2.26. The van der Waals surface area contributed by atoms with Gasteiger partial charge in [-0.2, -0.15) is 0 Å². The molecule has 1 fully saturated rings. The number of benzene rings is 2. The van der Waals surface area contributed by atoms with Crippen LogP contribution in [0.1, 0.15) is 41.1 Å². The molecular weight excluding hydrogens is 239 g/mol. The average Bonchev–Trinajstić information content (AvgIpc) is 2.37. The number of carbonyl (C=O) groups excluding carboxylic acids is 1. The molecule has 0 amide bonds. The molecule has 19 heavy (non-hydrogen) atoms. The van der Waals surface area contributed by atoms with Gasteiger partial charge in [-0.05, 0) is 47.6 Å². The molecule has 0 saturated heterocycles. The summed E-state index contributed by atoms with van der Waals surface area (Å²) >= 11 is 0. The zero-order valence-corrected chi connectivity index (χ0v) is 10.6. The highest BCUT2D eigenvalue weighted by Gasteiger charge is 2.19. The number of halogens is 1.